The number of methoxy groups -OCH3 is 3. The highest BCUT2D eigenvalue weighted by molar-refractivity contribution is 6.03. The van der Waals surface area contributed by atoms with Gasteiger partial charge < -0.3 is 37.9 Å². The first-order valence-corrected chi connectivity index (χ1v) is 10.2. The van der Waals surface area contributed by atoms with Crippen molar-refractivity contribution in [2.45, 2.75) is 12.5 Å². The van der Waals surface area contributed by atoms with Crippen LogP contribution in [0.25, 0.3) is 0 Å². The van der Waals surface area contributed by atoms with Crippen LogP contribution in [-0.2, 0) is 14.2 Å². The summed E-state index contributed by atoms with van der Waals surface area (Å²) in [5.41, 5.74) is 1.11. The van der Waals surface area contributed by atoms with Crippen LogP contribution in [-0.4, -0.2) is 54.1 Å². The molecule has 0 aromatic heterocycles. The van der Waals surface area contributed by atoms with Crippen molar-refractivity contribution in [1.29, 1.82) is 0 Å². The lowest BCUT2D eigenvalue weighted by Gasteiger charge is -2.28. The Bertz CT molecular complexity index is 957. The van der Waals surface area contributed by atoms with Crippen molar-refractivity contribution in [1.82, 2.24) is 0 Å². The zero-order chi connectivity index (χ0) is 23.6. The van der Waals surface area contributed by atoms with Gasteiger partial charge in [0, 0.05) is 33.5 Å². The highest BCUT2D eigenvalue weighted by atomic mass is 16.7. The molecule has 0 saturated heterocycles. The summed E-state index contributed by atoms with van der Waals surface area (Å²) in [6.45, 7) is 4.03. The predicted octanol–water partition coefficient (Wildman–Crippen LogP) is 3.91. The molecule has 0 N–H and O–H groups in total. The Morgan fingerprint density at radius 2 is 1.61 bits per heavy atom. The molecule has 0 amide bonds. The van der Waals surface area contributed by atoms with E-state index in [4.69, 9.17) is 37.9 Å². The van der Waals surface area contributed by atoms with Crippen molar-refractivity contribution in [3.8, 4) is 28.7 Å². The quantitative estimate of drug-likeness (QED) is 0.326. The molecule has 1 unspecified atom stereocenters. The summed E-state index contributed by atoms with van der Waals surface area (Å²) in [5, 5.41) is 0. The molecular weight excluding hydrogens is 432 g/mol. The number of carbonyl (C=O) groups excluding carboxylic acids is 1. The lowest BCUT2D eigenvalue weighted by molar-refractivity contribution is 0.0320. The summed E-state index contributed by atoms with van der Waals surface area (Å²) >= 11 is 0. The average Bonchev–Trinajstić information content (AvgIpc) is 2.83. The van der Waals surface area contributed by atoms with Gasteiger partial charge in [-0.05, 0) is 17.7 Å². The van der Waals surface area contributed by atoms with Gasteiger partial charge in [0.25, 0.3) is 0 Å². The van der Waals surface area contributed by atoms with E-state index in [1.165, 1.54) is 21.3 Å². The monoisotopic (exact) mass is 460 g/mol. The van der Waals surface area contributed by atoms with E-state index in [2.05, 4.69) is 6.58 Å². The zero-order valence-electron chi connectivity index (χ0n) is 19.0. The Kier molecular flexibility index (Phi) is 8.94. The maximum Gasteiger partial charge on any atom is 0.188 e. The largest absolute Gasteiger partial charge is 0.488 e. The summed E-state index contributed by atoms with van der Waals surface area (Å²) < 4.78 is 43.6. The number of fused-ring (bicyclic) bond motifs is 1. The van der Waals surface area contributed by atoms with Crippen molar-refractivity contribution in [2.75, 3.05) is 48.3 Å². The fourth-order valence-corrected chi connectivity index (χ4v) is 3.26. The molecule has 9 heteroatoms. The number of ketones is 1. The highest BCUT2D eigenvalue weighted by Crippen LogP contribution is 2.43. The molecule has 1 atom stereocenters. The maximum absolute atomic E-state index is 13.1. The van der Waals surface area contributed by atoms with Gasteiger partial charge in [-0.2, -0.15) is 0 Å². The molecule has 2 aromatic carbocycles. The van der Waals surface area contributed by atoms with Crippen LogP contribution < -0.4 is 23.7 Å². The minimum absolute atomic E-state index is 0.0320. The van der Waals surface area contributed by atoms with Crippen LogP contribution >= 0.6 is 0 Å². The lowest BCUT2D eigenvalue weighted by Crippen LogP contribution is -2.21. The van der Waals surface area contributed by atoms with E-state index in [0.29, 0.717) is 34.3 Å². The van der Waals surface area contributed by atoms with Gasteiger partial charge in [0.1, 0.15) is 35.5 Å². The van der Waals surface area contributed by atoms with E-state index in [1.807, 2.05) is 6.07 Å². The second kappa shape index (κ2) is 12.1. The van der Waals surface area contributed by atoms with Crippen LogP contribution in [0.3, 0.4) is 0 Å². The van der Waals surface area contributed by atoms with Gasteiger partial charge in [-0.1, -0.05) is 18.7 Å². The first-order chi connectivity index (χ1) is 16.1. The normalized spacial score (nSPS) is 14.8. The Balaban J connectivity index is 1.92. The molecule has 1 aliphatic heterocycles. The number of benzene rings is 2. The first kappa shape index (κ1) is 24.4. The highest BCUT2D eigenvalue weighted by Gasteiger charge is 2.32. The standard InChI is InChI=1S/C24H28O9/c1-5-8-29-22-10-17(30-13-26-2)11-23-24(22)18(25)12-20(33-23)16-6-7-19(31-14-27-3)21(9-16)32-15-28-4/h5-7,9-11,20H,1,8,12-15H2,2-4H3. The summed E-state index contributed by atoms with van der Waals surface area (Å²) in [7, 11) is 4.57. The number of hydrogen-bond acceptors (Lipinski definition) is 9. The molecule has 1 heterocycles. The smallest absolute Gasteiger partial charge is 0.188 e. The number of hydrogen-bond donors (Lipinski definition) is 0. The third-order valence-electron chi connectivity index (χ3n) is 4.66. The first-order valence-electron chi connectivity index (χ1n) is 10.2. The van der Waals surface area contributed by atoms with Gasteiger partial charge in [-0.15, -0.1) is 0 Å². The van der Waals surface area contributed by atoms with Crippen LogP contribution in [0.15, 0.2) is 43.0 Å². The van der Waals surface area contributed by atoms with E-state index in [9.17, 15) is 4.79 Å². The van der Waals surface area contributed by atoms with Crippen LogP contribution in [0.2, 0.25) is 0 Å². The molecule has 0 spiro atoms. The SMILES string of the molecule is C=CCOc1cc(OCOC)cc2c1C(=O)CC(c1ccc(OCOC)c(OCOC)c1)O2. The van der Waals surface area contributed by atoms with Gasteiger partial charge in [-0.3, -0.25) is 4.79 Å². The number of carbonyl (C=O) groups is 1. The second-order valence-electron chi connectivity index (χ2n) is 6.99. The van der Waals surface area contributed by atoms with E-state index in [-0.39, 0.29) is 39.2 Å². The zero-order valence-corrected chi connectivity index (χ0v) is 19.0. The molecule has 178 valence electrons. The van der Waals surface area contributed by atoms with Crippen molar-refractivity contribution < 1.29 is 42.7 Å². The Morgan fingerprint density at radius 1 is 0.909 bits per heavy atom. The molecule has 1 aliphatic rings. The third kappa shape index (κ3) is 6.16. The van der Waals surface area contributed by atoms with Crippen LogP contribution in [0.1, 0.15) is 28.4 Å². The van der Waals surface area contributed by atoms with Gasteiger partial charge in [-0.25, -0.2) is 0 Å². The summed E-state index contributed by atoms with van der Waals surface area (Å²) in [6.07, 6.45) is 1.18. The average molecular weight is 460 g/mol. The lowest BCUT2D eigenvalue weighted by atomic mass is 9.95. The number of Topliss-reactive ketones (excluding diaryl/α,β-unsaturated/α-hetero) is 1. The Morgan fingerprint density at radius 3 is 2.30 bits per heavy atom. The fourth-order valence-electron chi connectivity index (χ4n) is 3.26. The van der Waals surface area contributed by atoms with Gasteiger partial charge in [0.05, 0.1) is 6.42 Å². The minimum Gasteiger partial charge on any atom is -0.488 e. The number of rotatable bonds is 13. The van der Waals surface area contributed by atoms with Gasteiger partial charge in [0.15, 0.2) is 37.7 Å². The molecule has 2 aromatic rings. The van der Waals surface area contributed by atoms with E-state index < -0.39 is 6.10 Å². The summed E-state index contributed by atoms with van der Waals surface area (Å²) in [4.78, 5) is 13.1. The minimum atomic E-state index is -0.545. The molecule has 0 bridgehead atoms. The van der Waals surface area contributed by atoms with Crippen molar-refractivity contribution in [2.24, 2.45) is 0 Å². The van der Waals surface area contributed by atoms with Crippen LogP contribution in [0.5, 0.6) is 28.7 Å². The Hall–Kier alpha value is -3.27. The van der Waals surface area contributed by atoms with Gasteiger partial charge >= 0.3 is 0 Å². The van der Waals surface area contributed by atoms with Crippen molar-refractivity contribution >= 4 is 5.78 Å². The van der Waals surface area contributed by atoms with Gasteiger partial charge in [0.2, 0.25) is 0 Å². The topological polar surface area (TPSA) is 90.9 Å². The molecule has 0 fully saturated rings. The maximum atomic E-state index is 13.1. The summed E-state index contributed by atoms with van der Waals surface area (Å²) in [6, 6.07) is 8.60. The molecule has 0 radical (unpaired) electrons. The van der Waals surface area contributed by atoms with Crippen LogP contribution in [0, 0.1) is 0 Å². The molecule has 9 nitrogen and oxygen atoms in total. The van der Waals surface area contributed by atoms with E-state index in [1.54, 1.807) is 30.3 Å². The van der Waals surface area contributed by atoms with Crippen molar-refractivity contribution in [3.05, 3.63) is 54.1 Å². The molecular formula is C24H28O9. The van der Waals surface area contributed by atoms with E-state index >= 15 is 0 Å². The summed E-state index contributed by atoms with van der Waals surface area (Å²) in [5.74, 6) is 2.00. The fraction of sp³-hybridized carbons (Fsp3) is 0.375. The second-order valence-corrected chi connectivity index (χ2v) is 6.99. The molecule has 3 rings (SSSR count). The molecule has 0 saturated carbocycles. The third-order valence-corrected chi connectivity index (χ3v) is 4.66. The Labute approximate surface area is 192 Å². The molecule has 33 heavy (non-hydrogen) atoms. The molecule has 0 aliphatic carbocycles. The van der Waals surface area contributed by atoms with Crippen LogP contribution in [0.4, 0.5) is 0 Å². The number of ether oxygens (including phenoxy) is 8. The van der Waals surface area contributed by atoms with Crippen molar-refractivity contribution in [3.63, 3.8) is 0 Å². The van der Waals surface area contributed by atoms with E-state index in [0.717, 1.165) is 5.56 Å². The predicted molar refractivity (Wildman–Crippen MR) is 118 cm³/mol.